The van der Waals surface area contributed by atoms with Crippen LogP contribution in [-0.4, -0.2) is 30.1 Å². The lowest BCUT2D eigenvalue weighted by Gasteiger charge is -2.12. The highest BCUT2D eigenvalue weighted by atomic mass is 16.5. The smallest absolute Gasteiger partial charge is 0.313 e. The third-order valence-corrected chi connectivity index (χ3v) is 2.39. The highest BCUT2D eigenvalue weighted by molar-refractivity contribution is 5.79. The summed E-state index contributed by atoms with van der Waals surface area (Å²) in [5, 5.41) is 9.01. The Morgan fingerprint density at radius 3 is 2.41 bits per heavy atom. The molecule has 1 aromatic rings. The van der Waals surface area contributed by atoms with Gasteiger partial charge in [-0.15, -0.1) is 0 Å². The maximum atomic E-state index is 11.6. The zero-order valence-electron chi connectivity index (χ0n) is 9.92. The first kappa shape index (κ1) is 13.4. The molecule has 92 valence electrons. The lowest BCUT2D eigenvalue weighted by molar-refractivity contribution is -0.147. The summed E-state index contributed by atoms with van der Waals surface area (Å²) in [6, 6.07) is 6.75. The first-order valence-corrected chi connectivity index (χ1v) is 5.44. The summed E-state index contributed by atoms with van der Waals surface area (Å²) in [6.07, 6.45) is 0.0869. The number of aldehydes is 1. The first-order chi connectivity index (χ1) is 8.04. The topological polar surface area (TPSA) is 63.6 Å². The van der Waals surface area contributed by atoms with Gasteiger partial charge in [0.1, 0.15) is 12.9 Å². The van der Waals surface area contributed by atoms with Crippen molar-refractivity contribution in [3.05, 3.63) is 35.4 Å². The number of carbonyl (C=O) groups is 2. The minimum Gasteiger partial charge on any atom is -0.462 e. The number of benzene rings is 1. The maximum absolute atomic E-state index is 11.6. The van der Waals surface area contributed by atoms with Crippen molar-refractivity contribution in [2.75, 3.05) is 6.61 Å². The number of carbonyl (C=O) groups excluding carboxylic acids is 2. The molecule has 17 heavy (non-hydrogen) atoms. The maximum Gasteiger partial charge on any atom is 0.313 e. The summed E-state index contributed by atoms with van der Waals surface area (Å²) in [6.45, 7) is 3.27. The van der Waals surface area contributed by atoms with E-state index in [9.17, 15) is 9.59 Å². The number of hydrogen-bond acceptors (Lipinski definition) is 4. The van der Waals surface area contributed by atoms with Crippen LogP contribution in [-0.2, 0) is 9.53 Å². The molecule has 0 aliphatic heterocycles. The van der Waals surface area contributed by atoms with Crippen LogP contribution in [0.1, 0.15) is 35.7 Å². The molecule has 0 bridgehead atoms. The minimum absolute atomic E-state index is 0.00437. The number of esters is 1. The Kier molecular flexibility index (Phi) is 4.84. The quantitative estimate of drug-likeness (QED) is 0.622. The molecule has 1 rings (SSSR count). The van der Waals surface area contributed by atoms with Crippen molar-refractivity contribution in [2.45, 2.75) is 25.9 Å². The SMILES string of the molecule is CC(O)COC(=O)C(C)c1ccc(C=O)cc1. The Balaban J connectivity index is 2.64. The van der Waals surface area contributed by atoms with Crippen LogP contribution in [0.4, 0.5) is 0 Å². The van der Waals surface area contributed by atoms with Crippen LogP contribution in [0.15, 0.2) is 24.3 Å². The fourth-order valence-corrected chi connectivity index (χ4v) is 1.33. The molecule has 0 aliphatic rings. The monoisotopic (exact) mass is 236 g/mol. The van der Waals surface area contributed by atoms with Crippen LogP contribution in [0.3, 0.4) is 0 Å². The van der Waals surface area contributed by atoms with Crippen LogP contribution in [0.5, 0.6) is 0 Å². The van der Waals surface area contributed by atoms with Gasteiger partial charge in [0.25, 0.3) is 0 Å². The number of ether oxygens (including phenoxy) is 1. The van der Waals surface area contributed by atoms with Gasteiger partial charge in [0.05, 0.1) is 12.0 Å². The van der Waals surface area contributed by atoms with Gasteiger partial charge in [0.2, 0.25) is 0 Å². The van der Waals surface area contributed by atoms with Gasteiger partial charge in [-0.25, -0.2) is 0 Å². The first-order valence-electron chi connectivity index (χ1n) is 5.44. The predicted molar refractivity (Wildman–Crippen MR) is 62.9 cm³/mol. The highest BCUT2D eigenvalue weighted by Gasteiger charge is 2.17. The van der Waals surface area contributed by atoms with Gasteiger partial charge in [-0.05, 0) is 19.4 Å². The third kappa shape index (κ3) is 4.00. The van der Waals surface area contributed by atoms with Crippen molar-refractivity contribution >= 4 is 12.3 Å². The molecule has 2 unspecified atom stereocenters. The lowest BCUT2D eigenvalue weighted by atomic mass is 10.0. The molecule has 0 amide bonds. The zero-order valence-corrected chi connectivity index (χ0v) is 9.92. The summed E-state index contributed by atoms with van der Waals surface area (Å²) in [7, 11) is 0. The summed E-state index contributed by atoms with van der Waals surface area (Å²) in [4.78, 5) is 22.1. The molecule has 0 heterocycles. The molecule has 0 radical (unpaired) electrons. The molecule has 4 heteroatoms. The van der Waals surface area contributed by atoms with Crippen molar-refractivity contribution in [1.29, 1.82) is 0 Å². The van der Waals surface area contributed by atoms with E-state index in [1.807, 2.05) is 0 Å². The van der Waals surface area contributed by atoms with E-state index in [0.29, 0.717) is 5.56 Å². The fraction of sp³-hybridized carbons (Fsp3) is 0.385. The van der Waals surface area contributed by atoms with E-state index in [1.54, 1.807) is 38.1 Å². The van der Waals surface area contributed by atoms with Crippen LogP contribution in [0.2, 0.25) is 0 Å². The van der Waals surface area contributed by atoms with E-state index in [2.05, 4.69) is 0 Å². The van der Waals surface area contributed by atoms with Crippen LogP contribution < -0.4 is 0 Å². The molecule has 2 atom stereocenters. The molecule has 0 fully saturated rings. The van der Waals surface area contributed by atoms with E-state index in [4.69, 9.17) is 9.84 Å². The Hall–Kier alpha value is -1.68. The van der Waals surface area contributed by atoms with Gasteiger partial charge >= 0.3 is 5.97 Å². The second-order valence-electron chi connectivity index (χ2n) is 3.99. The van der Waals surface area contributed by atoms with Gasteiger partial charge < -0.3 is 9.84 Å². The van der Waals surface area contributed by atoms with Crippen molar-refractivity contribution in [2.24, 2.45) is 0 Å². The summed E-state index contributed by atoms with van der Waals surface area (Å²) >= 11 is 0. The van der Waals surface area contributed by atoms with Gasteiger partial charge in [-0.2, -0.15) is 0 Å². The zero-order chi connectivity index (χ0) is 12.8. The Morgan fingerprint density at radius 2 is 1.94 bits per heavy atom. The van der Waals surface area contributed by atoms with Gasteiger partial charge in [0, 0.05) is 5.56 Å². The minimum atomic E-state index is -0.663. The second-order valence-corrected chi connectivity index (χ2v) is 3.99. The fourth-order valence-electron chi connectivity index (χ4n) is 1.33. The van der Waals surface area contributed by atoms with Crippen molar-refractivity contribution < 1.29 is 19.4 Å². The standard InChI is InChI=1S/C13H16O4/c1-9(15)8-17-13(16)10(2)12-5-3-11(7-14)4-6-12/h3-7,9-10,15H,8H2,1-2H3. The average molecular weight is 236 g/mol. The average Bonchev–Trinajstić information content (AvgIpc) is 2.35. The second kappa shape index (κ2) is 6.15. The highest BCUT2D eigenvalue weighted by Crippen LogP contribution is 2.17. The molecule has 0 aromatic heterocycles. The van der Waals surface area contributed by atoms with E-state index < -0.39 is 12.0 Å². The molecule has 0 saturated carbocycles. The molecule has 1 aromatic carbocycles. The molecule has 0 saturated heterocycles. The summed E-state index contributed by atoms with van der Waals surface area (Å²) < 4.78 is 4.92. The Labute approximate surface area is 100 Å². The molecule has 1 N–H and O–H groups in total. The normalized spacial score (nSPS) is 13.8. The largest absolute Gasteiger partial charge is 0.462 e. The van der Waals surface area contributed by atoms with E-state index >= 15 is 0 Å². The van der Waals surface area contributed by atoms with Gasteiger partial charge in [-0.1, -0.05) is 24.3 Å². The summed E-state index contributed by atoms with van der Waals surface area (Å²) in [5.74, 6) is -0.792. The third-order valence-electron chi connectivity index (χ3n) is 2.39. The molecule has 0 spiro atoms. The van der Waals surface area contributed by atoms with E-state index in [1.165, 1.54) is 0 Å². The molecule has 4 nitrogen and oxygen atoms in total. The molecular formula is C13H16O4. The van der Waals surface area contributed by atoms with Gasteiger partial charge in [0.15, 0.2) is 0 Å². The van der Waals surface area contributed by atoms with Gasteiger partial charge in [-0.3, -0.25) is 9.59 Å². The Morgan fingerprint density at radius 1 is 1.35 bits per heavy atom. The van der Waals surface area contributed by atoms with Crippen molar-refractivity contribution in [3.63, 3.8) is 0 Å². The molecule has 0 aliphatic carbocycles. The van der Waals surface area contributed by atoms with E-state index in [0.717, 1.165) is 11.8 Å². The number of aliphatic hydroxyl groups is 1. The van der Waals surface area contributed by atoms with Crippen LogP contribution in [0.25, 0.3) is 0 Å². The Bertz CT molecular complexity index is 381. The predicted octanol–water partition coefficient (Wildman–Crippen LogP) is 1.53. The van der Waals surface area contributed by atoms with E-state index in [-0.39, 0.29) is 12.6 Å². The summed E-state index contributed by atoms with van der Waals surface area (Å²) in [5.41, 5.74) is 1.35. The number of hydrogen-bond donors (Lipinski definition) is 1. The van der Waals surface area contributed by atoms with Crippen LogP contribution >= 0.6 is 0 Å². The number of rotatable bonds is 5. The van der Waals surface area contributed by atoms with Crippen molar-refractivity contribution in [1.82, 2.24) is 0 Å². The molecular weight excluding hydrogens is 220 g/mol. The van der Waals surface area contributed by atoms with Crippen LogP contribution in [0, 0.1) is 0 Å². The van der Waals surface area contributed by atoms with Crippen molar-refractivity contribution in [3.8, 4) is 0 Å². The lowest BCUT2D eigenvalue weighted by Crippen LogP contribution is -2.19. The number of aliphatic hydroxyl groups excluding tert-OH is 1.